The van der Waals surface area contributed by atoms with E-state index in [9.17, 15) is 9.18 Å². The Balaban J connectivity index is 1.93. The molecule has 0 saturated carbocycles. The molecule has 0 radical (unpaired) electrons. The number of halogens is 1. The number of hydrogen-bond donors (Lipinski definition) is 1. The molecule has 0 aliphatic heterocycles. The monoisotopic (exact) mass is 329 g/mol. The molecule has 0 spiro atoms. The van der Waals surface area contributed by atoms with Crippen LogP contribution in [-0.2, 0) is 0 Å². The fourth-order valence-corrected chi connectivity index (χ4v) is 3.28. The summed E-state index contributed by atoms with van der Waals surface area (Å²) in [5.41, 5.74) is 1.17. The van der Waals surface area contributed by atoms with Crippen LogP contribution >= 0.6 is 11.3 Å². The second kappa shape index (κ2) is 6.34. The first-order chi connectivity index (χ1) is 11.0. The molecule has 0 bridgehead atoms. The second-order valence-corrected chi connectivity index (χ2v) is 6.40. The summed E-state index contributed by atoms with van der Waals surface area (Å²) in [6.07, 6.45) is 3.77. The van der Waals surface area contributed by atoms with Gasteiger partial charge in [-0.25, -0.2) is 9.37 Å². The number of amides is 1. The number of aromatic nitrogens is 2. The third kappa shape index (κ3) is 3.32. The lowest BCUT2D eigenvalue weighted by Crippen LogP contribution is -2.13. The highest BCUT2D eigenvalue weighted by Crippen LogP contribution is 2.28. The van der Waals surface area contributed by atoms with Gasteiger partial charge >= 0.3 is 0 Å². The zero-order valence-corrected chi connectivity index (χ0v) is 13.6. The SMILES string of the molecule is CC(C)c1nc(-n2cccc2)sc1C(=O)Nc1cccc(F)c1. The van der Waals surface area contributed by atoms with Crippen molar-refractivity contribution in [2.24, 2.45) is 0 Å². The maximum absolute atomic E-state index is 13.3. The Kier molecular flexibility index (Phi) is 4.25. The van der Waals surface area contributed by atoms with Crippen molar-refractivity contribution in [3.63, 3.8) is 0 Å². The zero-order valence-electron chi connectivity index (χ0n) is 12.8. The van der Waals surface area contributed by atoms with Crippen molar-refractivity contribution in [2.45, 2.75) is 19.8 Å². The zero-order chi connectivity index (χ0) is 16.4. The van der Waals surface area contributed by atoms with Crippen molar-refractivity contribution in [3.8, 4) is 5.13 Å². The van der Waals surface area contributed by atoms with Gasteiger partial charge in [0.1, 0.15) is 10.7 Å². The molecule has 2 heterocycles. The Bertz CT molecular complexity index is 824. The largest absolute Gasteiger partial charge is 0.321 e. The maximum Gasteiger partial charge on any atom is 0.267 e. The van der Waals surface area contributed by atoms with Crippen molar-refractivity contribution < 1.29 is 9.18 Å². The summed E-state index contributed by atoms with van der Waals surface area (Å²) in [7, 11) is 0. The summed E-state index contributed by atoms with van der Waals surface area (Å²) in [4.78, 5) is 17.7. The van der Waals surface area contributed by atoms with Crippen LogP contribution < -0.4 is 5.32 Å². The number of carbonyl (C=O) groups excluding carboxylic acids is 1. The molecule has 6 heteroatoms. The third-order valence-electron chi connectivity index (χ3n) is 3.30. The number of anilines is 1. The normalized spacial score (nSPS) is 11.0. The van der Waals surface area contributed by atoms with Crippen molar-refractivity contribution in [1.29, 1.82) is 0 Å². The molecule has 118 valence electrons. The average Bonchev–Trinajstić information content (AvgIpc) is 3.16. The van der Waals surface area contributed by atoms with Gasteiger partial charge < -0.3 is 9.88 Å². The van der Waals surface area contributed by atoms with Gasteiger partial charge in [-0.3, -0.25) is 4.79 Å². The first-order valence-electron chi connectivity index (χ1n) is 7.25. The Morgan fingerprint density at radius 1 is 1.26 bits per heavy atom. The summed E-state index contributed by atoms with van der Waals surface area (Å²) in [5.74, 6) is -0.539. The number of carbonyl (C=O) groups is 1. The molecular formula is C17H16FN3OS. The number of nitrogens with zero attached hydrogens (tertiary/aromatic N) is 2. The predicted molar refractivity (Wildman–Crippen MR) is 89.9 cm³/mol. The van der Waals surface area contributed by atoms with Crippen LogP contribution in [0.4, 0.5) is 10.1 Å². The molecule has 4 nitrogen and oxygen atoms in total. The van der Waals surface area contributed by atoms with Gasteiger partial charge in [-0.1, -0.05) is 31.3 Å². The van der Waals surface area contributed by atoms with E-state index in [1.54, 1.807) is 12.1 Å². The van der Waals surface area contributed by atoms with Crippen molar-refractivity contribution in [3.05, 3.63) is 65.2 Å². The second-order valence-electron chi connectivity index (χ2n) is 5.42. The summed E-state index contributed by atoms with van der Waals surface area (Å²) in [6, 6.07) is 9.66. The predicted octanol–water partition coefficient (Wildman–Crippen LogP) is 4.45. The molecule has 2 aromatic heterocycles. The molecule has 1 N–H and O–H groups in total. The third-order valence-corrected chi connectivity index (χ3v) is 4.39. The Morgan fingerprint density at radius 3 is 2.65 bits per heavy atom. The molecule has 0 unspecified atom stereocenters. The van der Waals surface area contributed by atoms with Crippen LogP contribution in [0.1, 0.15) is 35.1 Å². The Labute approximate surface area is 137 Å². The van der Waals surface area contributed by atoms with Crippen LogP contribution in [0.25, 0.3) is 5.13 Å². The van der Waals surface area contributed by atoms with E-state index in [1.165, 1.54) is 23.5 Å². The standard InChI is InChI=1S/C17H16FN3OS/c1-11(2)14-15(23-17(20-14)21-8-3-4-9-21)16(22)19-13-7-5-6-12(18)10-13/h3-11H,1-2H3,(H,19,22). The van der Waals surface area contributed by atoms with Gasteiger partial charge in [0, 0.05) is 18.1 Å². The van der Waals surface area contributed by atoms with Crippen LogP contribution in [0, 0.1) is 5.82 Å². The highest BCUT2D eigenvalue weighted by Gasteiger charge is 2.21. The van der Waals surface area contributed by atoms with Crippen LogP contribution in [-0.4, -0.2) is 15.5 Å². The lowest BCUT2D eigenvalue weighted by atomic mass is 10.1. The number of benzene rings is 1. The van der Waals surface area contributed by atoms with Crippen LogP contribution in [0.15, 0.2) is 48.8 Å². The topological polar surface area (TPSA) is 46.9 Å². The quantitative estimate of drug-likeness (QED) is 0.769. The van der Waals surface area contributed by atoms with E-state index >= 15 is 0 Å². The molecule has 3 rings (SSSR count). The van der Waals surface area contributed by atoms with Crippen LogP contribution in [0.3, 0.4) is 0 Å². The van der Waals surface area contributed by atoms with Crippen molar-refractivity contribution >= 4 is 22.9 Å². The smallest absolute Gasteiger partial charge is 0.267 e. The van der Waals surface area contributed by atoms with Crippen molar-refractivity contribution in [2.75, 3.05) is 5.32 Å². The minimum absolute atomic E-state index is 0.115. The lowest BCUT2D eigenvalue weighted by Gasteiger charge is -2.06. The molecule has 0 aliphatic carbocycles. The summed E-state index contributed by atoms with van der Waals surface area (Å²) in [5, 5.41) is 3.47. The number of rotatable bonds is 4. The first-order valence-corrected chi connectivity index (χ1v) is 8.07. The molecule has 1 aromatic carbocycles. The van der Waals surface area contributed by atoms with Gasteiger partial charge in [0.15, 0.2) is 5.13 Å². The van der Waals surface area contributed by atoms with Gasteiger partial charge in [0.25, 0.3) is 5.91 Å². The van der Waals surface area contributed by atoms with Gasteiger partial charge in [-0.05, 0) is 36.2 Å². The minimum Gasteiger partial charge on any atom is -0.321 e. The highest BCUT2D eigenvalue weighted by atomic mass is 32.1. The fourth-order valence-electron chi connectivity index (χ4n) is 2.20. The Morgan fingerprint density at radius 2 is 2.00 bits per heavy atom. The number of hydrogen-bond acceptors (Lipinski definition) is 3. The van der Waals surface area contributed by atoms with E-state index in [4.69, 9.17) is 0 Å². The highest BCUT2D eigenvalue weighted by molar-refractivity contribution is 7.16. The first kappa shape index (κ1) is 15.4. The Hall–Kier alpha value is -2.47. The van der Waals surface area contributed by atoms with E-state index in [0.29, 0.717) is 10.6 Å². The van der Waals surface area contributed by atoms with Crippen molar-refractivity contribution in [1.82, 2.24) is 9.55 Å². The van der Waals surface area contributed by atoms with E-state index in [2.05, 4.69) is 10.3 Å². The molecule has 0 fully saturated rings. The lowest BCUT2D eigenvalue weighted by molar-refractivity contribution is 0.102. The van der Waals surface area contributed by atoms with Crippen LogP contribution in [0.2, 0.25) is 0 Å². The summed E-state index contributed by atoms with van der Waals surface area (Å²) >= 11 is 1.32. The molecule has 0 atom stereocenters. The van der Waals surface area contributed by atoms with E-state index in [0.717, 1.165) is 10.8 Å². The summed E-state index contributed by atoms with van der Waals surface area (Å²) < 4.78 is 15.1. The van der Waals surface area contributed by atoms with E-state index in [-0.39, 0.29) is 17.6 Å². The molecule has 0 saturated heterocycles. The molecule has 1 amide bonds. The molecule has 3 aromatic rings. The van der Waals surface area contributed by atoms with Crippen LogP contribution in [0.5, 0.6) is 0 Å². The number of thiazole rings is 1. The minimum atomic E-state index is -0.385. The van der Waals surface area contributed by atoms with E-state index < -0.39 is 0 Å². The summed E-state index contributed by atoms with van der Waals surface area (Å²) in [6.45, 7) is 3.99. The van der Waals surface area contributed by atoms with Gasteiger partial charge in [0.05, 0.1) is 5.69 Å². The van der Waals surface area contributed by atoms with E-state index in [1.807, 2.05) is 42.9 Å². The fraction of sp³-hybridized carbons (Fsp3) is 0.176. The van der Waals surface area contributed by atoms with Gasteiger partial charge in [-0.15, -0.1) is 0 Å². The van der Waals surface area contributed by atoms with Gasteiger partial charge in [0.2, 0.25) is 0 Å². The van der Waals surface area contributed by atoms with Gasteiger partial charge in [-0.2, -0.15) is 0 Å². The average molecular weight is 329 g/mol. The maximum atomic E-state index is 13.3. The number of nitrogens with one attached hydrogen (secondary N) is 1. The molecule has 0 aliphatic rings. The molecule has 23 heavy (non-hydrogen) atoms. The molecular weight excluding hydrogens is 313 g/mol.